The van der Waals surface area contributed by atoms with E-state index in [1.807, 2.05) is 0 Å². The zero-order valence-corrected chi connectivity index (χ0v) is 9.28. The molecular formula is C9H17FSi. The van der Waals surface area contributed by atoms with Crippen molar-refractivity contribution in [3.05, 3.63) is 11.8 Å². The Hall–Kier alpha value is -0.113. The van der Waals surface area contributed by atoms with Gasteiger partial charge in [-0.1, -0.05) is 24.5 Å². The monoisotopic (exact) mass is 172 g/mol. The molecule has 1 rings (SSSR count). The van der Waals surface area contributed by atoms with E-state index in [0.717, 1.165) is 28.3 Å². The van der Waals surface area contributed by atoms with E-state index < -0.39 is 6.17 Å². The van der Waals surface area contributed by atoms with Gasteiger partial charge in [0.1, 0.15) is 6.17 Å². The van der Waals surface area contributed by atoms with Crippen LogP contribution in [0.3, 0.4) is 0 Å². The molecule has 0 heterocycles. The Balaban J connectivity index is 2.38. The van der Waals surface area contributed by atoms with Crippen LogP contribution in [0.25, 0.3) is 0 Å². The lowest BCUT2D eigenvalue weighted by Gasteiger charge is -2.25. The summed E-state index contributed by atoms with van der Waals surface area (Å²) in [4.78, 5) is 0. The summed E-state index contributed by atoms with van der Waals surface area (Å²) in [6, 6.07) is 0. The minimum atomic E-state index is -0.679. The van der Waals surface area contributed by atoms with E-state index in [4.69, 9.17) is 0 Å². The zero-order valence-electron chi connectivity index (χ0n) is 7.28. The van der Waals surface area contributed by atoms with Crippen LogP contribution in [0, 0.1) is 5.92 Å². The molecule has 1 fully saturated rings. The number of hydrogen-bond donors (Lipinski definition) is 0. The van der Waals surface area contributed by atoms with E-state index in [2.05, 4.69) is 6.58 Å². The molecule has 0 saturated heterocycles. The van der Waals surface area contributed by atoms with Crippen LogP contribution in [-0.2, 0) is 0 Å². The second-order valence-corrected chi connectivity index (χ2v) is 4.93. The molecule has 0 aliphatic heterocycles. The molecule has 64 valence electrons. The summed E-state index contributed by atoms with van der Waals surface area (Å²) in [6.45, 7) is 3.72. The lowest BCUT2D eigenvalue weighted by atomic mass is 9.86. The fourth-order valence-electron chi connectivity index (χ4n) is 1.83. The Morgan fingerprint density at radius 3 is 2.36 bits per heavy atom. The first-order valence-corrected chi connectivity index (χ1v) is 5.51. The Bertz CT molecular complexity index is 138. The Morgan fingerprint density at radius 1 is 1.36 bits per heavy atom. The van der Waals surface area contributed by atoms with Crippen LogP contribution in [0.4, 0.5) is 4.39 Å². The SMILES string of the molecule is C=C([SiH3])C(F)C1CCCCC1. The quantitative estimate of drug-likeness (QED) is 0.557. The normalized spacial score (nSPS) is 23.4. The van der Waals surface area contributed by atoms with Crippen molar-refractivity contribution in [2.24, 2.45) is 5.92 Å². The summed E-state index contributed by atoms with van der Waals surface area (Å²) in [6.07, 6.45) is 5.24. The van der Waals surface area contributed by atoms with Crippen LogP contribution in [0.1, 0.15) is 32.1 Å². The molecule has 0 radical (unpaired) electrons. The standard InChI is InChI=1S/C9H17FSi/c1-7(11)9(10)8-5-3-2-4-6-8/h8-9H,1-6H2,11H3. The van der Waals surface area contributed by atoms with E-state index in [1.165, 1.54) is 19.3 Å². The van der Waals surface area contributed by atoms with Crippen molar-refractivity contribution in [1.82, 2.24) is 0 Å². The molecule has 0 aromatic rings. The lowest BCUT2D eigenvalue weighted by molar-refractivity contribution is 0.218. The summed E-state index contributed by atoms with van der Waals surface area (Å²) in [5, 5.41) is 0.844. The van der Waals surface area contributed by atoms with Gasteiger partial charge in [0, 0.05) is 10.2 Å². The molecule has 0 spiro atoms. The van der Waals surface area contributed by atoms with Crippen molar-refractivity contribution in [2.75, 3.05) is 0 Å². The van der Waals surface area contributed by atoms with E-state index in [1.54, 1.807) is 0 Å². The van der Waals surface area contributed by atoms with Crippen LogP contribution in [0.15, 0.2) is 11.8 Å². The Labute approximate surface area is 71.3 Å². The maximum atomic E-state index is 13.3. The van der Waals surface area contributed by atoms with Gasteiger partial charge in [-0.3, -0.25) is 0 Å². The summed E-state index contributed by atoms with van der Waals surface area (Å²) in [5.41, 5.74) is 0. The van der Waals surface area contributed by atoms with Crippen LogP contribution in [-0.4, -0.2) is 16.4 Å². The third-order valence-corrected chi connectivity index (χ3v) is 3.09. The molecule has 1 unspecified atom stereocenters. The predicted octanol–water partition coefficient (Wildman–Crippen LogP) is 1.78. The van der Waals surface area contributed by atoms with Gasteiger partial charge in [-0.15, -0.1) is 6.58 Å². The molecule has 0 amide bonds. The average molecular weight is 172 g/mol. The van der Waals surface area contributed by atoms with Gasteiger partial charge in [-0.25, -0.2) is 4.39 Å². The first kappa shape index (κ1) is 8.98. The highest BCUT2D eigenvalue weighted by molar-refractivity contribution is 6.21. The van der Waals surface area contributed by atoms with Crippen LogP contribution >= 0.6 is 0 Å². The van der Waals surface area contributed by atoms with E-state index in [-0.39, 0.29) is 0 Å². The number of hydrogen-bond acceptors (Lipinski definition) is 0. The van der Waals surface area contributed by atoms with Gasteiger partial charge in [0.05, 0.1) is 0 Å². The lowest BCUT2D eigenvalue weighted by Crippen LogP contribution is -2.20. The molecule has 0 aromatic carbocycles. The average Bonchev–Trinajstić information content (AvgIpc) is 2.05. The maximum absolute atomic E-state index is 13.3. The van der Waals surface area contributed by atoms with Gasteiger partial charge < -0.3 is 0 Å². The molecule has 0 N–H and O–H groups in total. The van der Waals surface area contributed by atoms with Crippen LogP contribution in [0.2, 0.25) is 0 Å². The number of rotatable bonds is 2. The molecular weight excluding hydrogens is 155 g/mol. The second kappa shape index (κ2) is 4.05. The second-order valence-electron chi connectivity index (χ2n) is 3.65. The van der Waals surface area contributed by atoms with Crippen molar-refractivity contribution in [1.29, 1.82) is 0 Å². The highest BCUT2D eigenvalue weighted by atomic mass is 28.1. The van der Waals surface area contributed by atoms with Crippen molar-refractivity contribution >= 4 is 10.2 Å². The minimum Gasteiger partial charge on any atom is -0.243 e. The van der Waals surface area contributed by atoms with E-state index in [0.29, 0.717) is 5.92 Å². The van der Waals surface area contributed by atoms with Gasteiger partial charge in [-0.2, -0.15) is 0 Å². The molecule has 0 aromatic heterocycles. The molecule has 0 bridgehead atoms. The summed E-state index contributed by atoms with van der Waals surface area (Å²) < 4.78 is 13.3. The van der Waals surface area contributed by atoms with Gasteiger partial charge in [0.25, 0.3) is 0 Å². The van der Waals surface area contributed by atoms with Gasteiger partial charge >= 0.3 is 0 Å². The molecule has 0 nitrogen and oxygen atoms in total. The Kier molecular flexibility index (Phi) is 3.30. The maximum Gasteiger partial charge on any atom is 0.119 e. The zero-order chi connectivity index (χ0) is 8.27. The molecule has 1 aliphatic rings. The van der Waals surface area contributed by atoms with Crippen molar-refractivity contribution in [3.8, 4) is 0 Å². The van der Waals surface area contributed by atoms with Crippen molar-refractivity contribution in [3.63, 3.8) is 0 Å². The van der Waals surface area contributed by atoms with E-state index in [9.17, 15) is 4.39 Å². The minimum absolute atomic E-state index is 0.314. The summed E-state index contributed by atoms with van der Waals surface area (Å²) in [7, 11) is 0.817. The summed E-state index contributed by atoms with van der Waals surface area (Å²) in [5.74, 6) is 0.314. The highest BCUT2D eigenvalue weighted by Gasteiger charge is 2.22. The molecule has 11 heavy (non-hydrogen) atoms. The van der Waals surface area contributed by atoms with E-state index >= 15 is 0 Å². The van der Waals surface area contributed by atoms with Crippen LogP contribution in [0.5, 0.6) is 0 Å². The fourth-order valence-corrected chi connectivity index (χ4v) is 2.30. The first-order valence-electron chi connectivity index (χ1n) is 4.51. The van der Waals surface area contributed by atoms with Gasteiger partial charge in [0.2, 0.25) is 0 Å². The molecule has 1 saturated carbocycles. The topological polar surface area (TPSA) is 0 Å². The van der Waals surface area contributed by atoms with Crippen LogP contribution < -0.4 is 0 Å². The highest BCUT2D eigenvalue weighted by Crippen LogP contribution is 2.29. The molecule has 1 aliphatic carbocycles. The van der Waals surface area contributed by atoms with Crippen molar-refractivity contribution in [2.45, 2.75) is 38.3 Å². The van der Waals surface area contributed by atoms with Gasteiger partial charge in [0.15, 0.2) is 0 Å². The molecule has 1 atom stereocenters. The first-order chi connectivity index (χ1) is 5.22. The summed E-state index contributed by atoms with van der Waals surface area (Å²) >= 11 is 0. The number of allylic oxidation sites excluding steroid dienone is 1. The fraction of sp³-hybridized carbons (Fsp3) is 0.778. The smallest absolute Gasteiger partial charge is 0.119 e. The third-order valence-electron chi connectivity index (χ3n) is 2.53. The number of halogens is 1. The number of alkyl halides is 1. The predicted molar refractivity (Wildman–Crippen MR) is 50.6 cm³/mol. The third kappa shape index (κ3) is 2.44. The Morgan fingerprint density at radius 2 is 1.91 bits per heavy atom. The van der Waals surface area contributed by atoms with Crippen molar-refractivity contribution < 1.29 is 4.39 Å². The largest absolute Gasteiger partial charge is 0.243 e. The molecule has 2 heteroatoms. The van der Waals surface area contributed by atoms with Gasteiger partial charge in [-0.05, 0) is 18.8 Å².